The van der Waals surface area contributed by atoms with E-state index in [0.717, 1.165) is 62.2 Å². The number of carbonyl (C=O) groups is 1. The lowest BCUT2D eigenvalue weighted by atomic mass is 10.1. The molecular formula is C18H22ClN3O2. The predicted molar refractivity (Wildman–Crippen MR) is 94.7 cm³/mol. The number of rotatable bonds is 2. The number of aryl methyl sites for hydroxylation is 1. The predicted octanol–water partition coefficient (Wildman–Crippen LogP) is 2.51. The Morgan fingerprint density at radius 1 is 1.29 bits per heavy atom. The van der Waals surface area contributed by atoms with E-state index in [9.17, 15) is 4.79 Å². The maximum Gasteiger partial charge on any atom is 0.289 e. The van der Waals surface area contributed by atoms with E-state index >= 15 is 0 Å². The van der Waals surface area contributed by atoms with Gasteiger partial charge >= 0.3 is 0 Å². The van der Waals surface area contributed by atoms with Crippen LogP contribution in [0.2, 0.25) is 5.02 Å². The molecule has 2 fully saturated rings. The van der Waals surface area contributed by atoms with E-state index in [1.54, 1.807) is 6.07 Å². The van der Waals surface area contributed by atoms with Gasteiger partial charge in [-0.3, -0.25) is 9.69 Å². The van der Waals surface area contributed by atoms with Gasteiger partial charge < -0.3 is 14.6 Å². The first-order chi connectivity index (χ1) is 11.6. The highest BCUT2D eigenvalue weighted by Gasteiger charge is 2.33. The highest BCUT2D eigenvalue weighted by atomic mass is 35.5. The van der Waals surface area contributed by atoms with E-state index in [1.165, 1.54) is 0 Å². The second-order valence-corrected chi connectivity index (χ2v) is 7.11. The minimum Gasteiger partial charge on any atom is -0.451 e. The van der Waals surface area contributed by atoms with E-state index in [0.29, 0.717) is 16.8 Å². The number of carbonyl (C=O) groups excluding carboxylic acids is 1. The van der Waals surface area contributed by atoms with Crippen molar-refractivity contribution in [2.45, 2.75) is 19.4 Å². The van der Waals surface area contributed by atoms with Crippen molar-refractivity contribution in [3.05, 3.63) is 34.5 Å². The zero-order valence-corrected chi connectivity index (χ0v) is 14.6. The molecule has 24 heavy (non-hydrogen) atoms. The van der Waals surface area contributed by atoms with Crippen LogP contribution in [-0.4, -0.2) is 61.0 Å². The Morgan fingerprint density at radius 2 is 2.08 bits per heavy atom. The largest absolute Gasteiger partial charge is 0.451 e. The van der Waals surface area contributed by atoms with Gasteiger partial charge in [0.05, 0.1) is 0 Å². The minimum absolute atomic E-state index is 0.00235. The van der Waals surface area contributed by atoms with Crippen LogP contribution < -0.4 is 5.32 Å². The normalized spacial score (nSPS) is 22.4. The Labute approximate surface area is 146 Å². The van der Waals surface area contributed by atoms with Gasteiger partial charge in [0.15, 0.2) is 5.76 Å². The van der Waals surface area contributed by atoms with E-state index in [4.69, 9.17) is 16.0 Å². The maximum absolute atomic E-state index is 12.9. The van der Waals surface area contributed by atoms with E-state index in [2.05, 4.69) is 10.2 Å². The van der Waals surface area contributed by atoms with Gasteiger partial charge in [-0.25, -0.2) is 0 Å². The Morgan fingerprint density at radius 3 is 2.88 bits per heavy atom. The summed E-state index contributed by atoms with van der Waals surface area (Å²) in [5.74, 6) is 0.450. The monoisotopic (exact) mass is 347 g/mol. The topological polar surface area (TPSA) is 48.7 Å². The van der Waals surface area contributed by atoms with E-state index in [-0.39, 0.29) is 5.91 Å². The molecular weight excluding hydrogens is 326 g/mol. The highest BCUT2D eigenvalue weighted by Crippen LogP contribution is 2.29. The van der Waals surface area contributed by atoms with Crippen LogP contribution in [0.5, 0.6) is 0 Å². The van der Waals surface area contributed by atoms with Gasteiger partial charge in [0.1, 0.15) is 5.58 Å². The Balaban J connectivity index is 1.53. The van der Waals surface area contributed by atoms with Gasteiger partial charge in [-0.1, -0.05) is 11.6 Å². The van der Waals surface area contributed by atoms with E-state index in [1.807, 2.05) is 24.0 Å². The second-order valence-electron chi connectivity index (χ2n) is 6.68. The fourth-order valence-electron chi connectivity index (χ4n) is 3.81. The SMILES string of the molecule is Cc1c(C(=O)N2CCC(N3CCNCC3)C2)oc2ccc(Cl)cc12. The molecule has 5 nitrogen and oxygen atoms in total. The summed E-state index contributed by atoms with van der Waals surface area (Å²) in [6.07, 6.45) is 1.04. The smallest absolute Gasteiger partial charge is 0.289 e. The number of amides is 1. The number of nitrogens with one attached hydrogen (secondary N) is 1. The molecule has 1 amide bonds. The second kappa shape index (κ2) is 6.39. The average molecular weight is 348 g/mol. The number of fused-ring (bicyclic) bond motifs is 1. The third kappa shape index (κ3) is 2.81. The summed E-state index contributed by atoms with van der Waals surface area (Å²) >= 11 is 6.06. The quantitative estimate of drug-likeness (QED) is 0.907. The van der Waals surface area contributed by atoms with Gasteiger partial charge in [-0.2, -0.15) is 0 Å². The zero-order chi connectivity index (χ0) is 16.7. The summed E-state index contributed by atoms with van der Waals surface area (Å²) in [6.45, 7) is 7.71. The van der Waals surface area contributed by atoms with Crippen LogP contribution >= 0.6 is 11.6 Å². The molecule has 2 aromatic rings. The fourth-order valence-corrected chi connectivity index (χ4v) is 3.98. The number of piperazine rings is 1. The summed E-state index contributed by atoms with van der Waals surface area (Å²) < 4.78 is 5.84. The van der Waals surface area contributed by atoms with Gasteiger partial charge in [0.2, 0.25) is 0 Å². The van der Waals surface area contributed by atoms with Crippen molar-refractivity contribution in [3.8, 4) is 0 Å². The molecule has 6 heteroatoms. The Hall–Kier alpha value is -1.56. The molecule has 0 spiro atoms. The summed E-state index contributed by atoms with van der Waals surface area (Å²) in [5, 5.41) is 4.95. The molecule has 1 unspecified atom stereocenters. The maximum atomic E-state index is 12.9. The van der Waals surface area contributed by atoms with Crippen LogP contribution in [0, 0.1) is 6.92 Å². The number of hydrogen-bond donors (Lipinski definition) is 1. The van der Waals surface area contributed by atoms with Crippen molar-refractivity contribution < 1.29 is 9.21 Å². The van der Waals surface area contributed by atoms with Crippen molar-refractivity contribution in [1.82, 2.24) is 15.1 Å². The molecule has 0 bridgehead atoms. The molecule has 1 aromatic carbocycles. The molecule has 0 saturated carbocycles. The molecule has 1 N–H and O–H groups in total. The average Bonchev–Trinajstić information content (AvgIpc) is 3.21. The molecule has 1 atom stereocenters. The molecule has 128 valence electrons. The first-order valence-corrected chi connectivity index (χ1v) is 8.94. The Bertz CT molecular complexity index is 767. The number of benzene rings is 1. The Kier molecular flexibility index (Phi) is 4.24. The molecule has 0 aliphatic carbocycles. The van der Waals surface area contributed by atoms with Crippen molar-refractivity contribution in [1.29, 1.82) is 0 Å². The molecule has 3 heterocycles. The number of furan rings is 1. The van der Waals surface area contributed by atoms with Crippen molar-refractivity contribution >= 4 is 28.5 Å². The lowest BCUT2D eigenvalue weighted by molar-refractivity contribution is 0.0743. The summed E-state index contributed by atoms with van der Waals surface area (Å²) in [6, 6.07) is 5.95. The molecule has 2 aliphatic rings. The van der Waals surface area contributed by atoms with E-state index < -0.39 is 0 Å². The van der Waals surface area contributed by atoms with Crippen molar-refractivity contribution in [3.63, 3.8) is 0 Å². The van der Waals surface area contributed by atoms with Crippen LogP contribution in [-0.2, 0) is 0 Å². The van der Waals surface area contributed by atoms with Crippen LogP contribution in [0.15, 0.2) is 22.6 Å². The number of nitrogens with zero attached hydrogens (tertiary/aromatic N) is 2. The lowest BCUT2D eigenvalue weighted by Crippen LogP contribution is -2.49. The number of hydrogen-bond acceptors (Lipinski definition) is 4. The third-order valence-electron chi connectivity index (χ3n) is 5.21. The number of likely N-dealkylation sites (tertiary alicyclic amines) is 1. The lowest BCUT2D eigenvalue weighted by Gasteiger charge is -2.32. The first kappa shape index (κ1) is 15.9. The zero-order valence-electron chi connectivity index (χ0n) is 13.8. The van der Waals surface area contributed by atoms with Crippen molar-refractivity contribution in [2.24, 2.45) is 0 Å². The summed E-state index contributed by atoms with van der Waals surface area (Å²) in [4.78, 5) is 17.3. The standard InChI is InChI=1S/C18H22ClN3O2/c1-12-15-10-13(19)2-3-16(15)24-17(12)18(23)22-7-4-14(11-22)21-8-5-20-6-9-21/h2-3,10,14,20H,4-9,11H2,1H3. The van der Waals surface area contributed by atoms with Gasteiger partial charge in [0.25, 0.3) is 5.91 Å². The molecule has 0 radical (unpaired) electrons. The molecule has 2 saturated heterocycles. The molecule has 1 aromatic heterocycles. The third-order valence-corrected chi connectivity index (χ3v) is 5.45. The van der Waals surface area contributed by atoms with Crippen LogP contribution in [0.3, 0.4) is 0 Å². The molecule has 4 rings (SSSR count). The van der Waals surface area contributed by atoms with Crippen LogP contribution in [0.1, 0.15) is 22.5 Å². The fraction of sp³-hybridized carbons (Fsp3) is 0.500. The van der Waals surface area contributed by atoms with Crippen LogP contribution in [0.4, 0.5) is 0 Å². The van der Waals surface area contributed by atoms with Gasteiger partial charge in [-0.15, -0.1) is 0 Å². The molecule has 2 aliphatic heterocycles. The van der Waals surface area contributed by atoms with Crippen molar-refractivity contribution in [2.75, 3.05) is 39.3 Å². The summed E-state index contributed by atoms with van der Waals surface area (Å²) in [7, 11) is 0. The minimum atomic E-state index is -0.00235. The first-order valence-electron chi connectivity index (χ1n) is 8.56. The summed E-state index contributed by atoms with van der Waals surface area (Å²) in [5.41, 5.74) is 1.60. The van der Waals surface area contributed by atoms with Gasteiger partial charge in [0, 0.05) is 61.3 Å². The highest BCUT2D eigenvalue weighted by molar-refractivity contribution is 6.31. The number of halogens is 1. The van der Waals surface area contributed by atoms with Gasteiger partial charge in [-0.05, 0) is 31.5 Å². The van der Waals surface area contributed by atoms with Crippen LogP contribution in [0.25, 0.3) is 11.0 Å².